The first-order valence-corrected chi connectivity index (χ1v) is 13.8. The van der Waals surface area contributed by atoms with Gasteiger partial charge in [0.15, 0.2) is 11.5 Å². The molecule has 7 nitrogen and oxygen atoms in total. The molecule has 1 N–H and O–H groups in total. The van der Waals surface area contributed by atoms with Crippen LogP contribution in [-0.4, -0.2) is 32.4 Å². The van der Waals surface area contributed by atoms with Crippen molar-refractivity contribution in [2.75, 3.05) is 12.9 Å². The highest BCUT2D eigenvalue weighted by atomic mass is 32.2. The van der Waals surface area contributed by atoms with E-state index in [-0.39, 0.29) is 11.5 Å². The summed E-state index contributed by atoms with van der Waals surface area (Å²) in [4.78, 5) is 10.9. The fourth-order valence-electron chi connectivity index (χ4n) is 3.55. The maximum Gasteiger partial charge on any atom is 0.328 e. The van der Waals surface area contributed by atoms with Gasteiger partial charge in [0.05, 0.1) is 12.9 Å². The highest BCUT2D eigenvalue weighted by Gasteiger charge is 2.16. The van der Waals surface area contributed by atoms with Gasteiger partial charge in [-0.2, -0.15) is 8.42 Å². The molecule has 0 radical (unpaired) electrons. The second-order valence-corrected chi connectivity index (χ2v) is 10.2. The minimum Gasteiger partial charge on any atom is -0.493 e. The van der Waals surface area contributed by atoms with E-state index in [1.165, 1.54) is 13.2 Å². The summed E-state index contributed by atoms with van der Waals surface area (Å²) in [6.45, 7) is 2.29. The first kappa shape index (κ1) is 28.5. The number of carboxylic acids is 1. The number of hydrogen-bond donors (Lipinski definition) is 1. The molecule has 0 saturated heterocycles. The predicted octanol–water partition coefficient (Wildman–Crippen LogP) is 6.14. The van der Waals surface area contributed by atoms with Gasteiger partial charge in [0, 0.05) is 11.6 Å². The highest BCUT2D eigenvalue weighted by Crippen LogP contribution is 2.30. The van der Waals surface area contributed by atoms with Gasteiger partial charge < -0.3 is 18.8 Å². The zero-order valence-corrected chi connectivity index (χ0v) is 22.3. The van der Waals surface area contributed by atoms with E-state index in [2.05, 4.69) is 0 Å². The van der Waals surface area contributed by atoms with E-state index in [1.54, 1.807) is 24.3 Å². The summed E-state index contributed by atoms with van der Waals surface area (Å²) in [5, 5.41) is 8.94. The van der Waals surface area contributed by atoms with Gasteiger partial charge in [-0.3, -0.25) is 0 Å². The standard InChI is InChI=1S/C30H32O7S/c1-3-4-19-38(33,34)37-27-17-14-23(21-29(27)35-2)11-8-12-26-16-13-24(15-18-30(31)32)20-28(26)36-22-25-9-6-5-7-10-25/h5-10,12-18,20-21H,3-4,11,19,22H2,1-2H3,(H,31,32). The van der Waals surface area contributed by atoms with Gasteiger partial charge in [-0.1, -0.05) is 74.0 Å². The van der Waals surface area contributed by atoms with Crippen LogP contribution in [0, 0.1) is 0 Å². The number of carbonyl (C=O) groups is 1. The number of allylic oxidation sites excluding steroid dienone is 1. The fraction of sp³-hybridized carbons (Fsp3) is 0.233. The Morgan fingerprint density at radius 3 is 2.42 bits per heavy atom. The highest BCUT2D eigenvalue weighted by molar-refractivity contribution is 7.87. The Balaban J connectivity index is 1.76. The molecular formula is C30H32O7S. The first-order chi connectivity index (χ1) is 18.3. The molecule has 0 atom stereocenters. The Kier molecular flexibility index (Phi) is 10.5. The third-order valence-corrected chi connectivity index (χ3v) is 6.76. The molecule has 0 fully saturated rings. The fourth-order valence-corrected chi connectivity index (χ4v) is 4.69. The van der Waals surface area contributed by atoms with Crippen LogP contribution in [0.4, 0.5) is 0 Å². The van der Waals surface area contributed by atoms with Crippen LogP contribution in [-0.2, 0) is 27.9 Å². The minimum atomic E-state index is -3.68. The molecule has 3 rings (SSSR count). The Labute approximate surface area is 224 Å². The van der Waals surface area contributed by atoms with E-state index in [0.717, 1.165) is 29.2 Å². The van der Waals surface area contributed by atoms with Crippen LogP contribution in [0.1, 0.15) is 42.0 Å². The van der Waals surface area contributed by atoms with Crippen LogP contribution in [0.3, 0.4) is 0 Å². The maximum atomic E-state index is 12.2. The van der Waals surface area contributed by atoms with Crippen molar-refractivity contribution in [3.05, 3.63) is 101 Å². The van der Waals surface area contributed by atoms with E-state index in [1.807, 2.05) is 61.5 Å². The van der Waals surface area contributed by atoms with Crippen LogP contribution >= 0.6 is 0 Å². The number of rotatable bonds is 14. The first-order valence-electron chi connectivity index (χ1n) is 12.3. The zero-order chi connectivity index (χ0) is 27.4. The molecule has 0 aromatic heterocycles. The van der Waals surface area contributed by atoms with Crippen molar-refractivity contribution in [2.45, 2.75) is 32.8 Å². The number of benzene rings is 3. The molecule has 0 heterocycles. The molecule has 200 valence electrons. The number of hydrogen-bond acceptors (Lipinski definition) is 6. The van der Waals surface area contributed by atoms with Crippen LogP contribution in [0.5, 0.6) is 17.2 Å². The number of aliphatic carboxylic acids is 1. The molecular weight excluding hydrogens is 504 g/mol. The van der Waals surface area contributed by atoms with Crippen LogP contribution < -0.4 is 13.7 Å². The quantitative estimate of drug-likeness (QED) is 0.195. The lowest BCUT2D eigenvalue weighted by molar-refractivity contribution is -0.131. The van der Waals surface area contributed by atoms with E-state index in [4.69, 9.17) is 18.8 Å². The molecule has 0 aliphatic carbocycles. The summed E-state index contributed by atoms with van der Waals surface area (Å²) in [5.74, 6) is 0.0641. The summed E-state index contributed by atoms with van der Waals surface area (Å²) in [6.07, 6.45) is 8.33. The molecule has 38 heavy (non-hydrogen) atoms. The second kappa shape index (κ2) is 14.0. The Morgan fingerprint density at radius 2 is 1.71 bits per heavy atom. The smallest absolute Gasteiger partial charge is 0.328 e. The van der Waals surface area contributed by atoms with Crippen molar-refractivity contribution in [3.8, 4) is 17.2 Å². The summed E-state index contributed by atoms with van der Waals surface area (Å²) in [5.41, 5.74) is 3.47. The number of ether oxygens (including phenoxy) is 2. The Hall–Kier alpha value is -4.04. The normalized spacial score (nSPS) is 11.6. The molecule has 0 saturated carbocycles. The van der Waals surface area contributed by atoms with Gasteiger partial charge in [0.1, 0.15) is 12.4 Å². The summed E-state index contributed by atoms with van der Waals surface area (Å²) in [7, 11) is -2.21. The third kappa shape index (κ3) is 9.12. The average Bonchev–Trinajstić information content (AvgIpc) is 2.91. The van der Waals surface area contributed by atoms with Crippen molar-refractivity contribution in [2.24, 2.45) is 0 Å². The van der Waals surface area contributed by atoms with Gasteiger partial charge in [-0.05, 0) is 53.8 Å². The largest absolute Gasteiger partial charge is 0.493 e. The Morgan fingerprint density at radius 1 is 0.921 bits per heavy atom. The van der Waals surface area contributed by atoms with E-state index >= 15 is 0 Å². The second-order valence-electron chi connectivity index (χ2n) is 8.53. The molecule has 0 amide bonds. The molecule has 0 aliphatic rings. The molecule has 3 aromatic rings. The van der Waals surface area contributed by atoms with Crippen molar-refractivity contribution >= 4 is 28.2 Å². The van der Waals surface area contributed by atoms with Gasteiger partial charge >= 0.3 is 16.1 Å². The van der Waals surface area contributed by atoms with Crippen LogP contribution in [0.15, 0.2) is 78.9 Å². The molecule has 0 spiro atoms. The van der Waals surface area contributed by atoms with Crippen LogP contribution in [0.25, 0.3) is 12.2 Å². The van der Waals surface area contributed by atoms with Crippen LogP contribution in [0.2, 0.25) is 0 Å². The molecule has 3 aromatic carbocycles. The van der Waals surface area contributed by atoms with Crippen molar-refractivity contribution in [3.63, 3.8) is 0 Å². The number of methoxy groups -OCH3 is 1. The zero-order valence-electron chi connectivity index (χ0n) is 21.5. The SMILES string of the molecule is CCCCS(=O)(=O)Oc1ccc(CC=Cc2ccc(C=CC(=O)O)cc2OCc2ccccc2)cc1OC. The summed E-state index contributed by atoms with van der Waals surface area (Å²) in [6, 6.07) is 20.4. The minimum absolute atomic E-state index is 0.0449. The van der Waals surface area contributed by atoms with Crippen molar-refractivity contribution in [1.82, 2.24) is 0 Å². The number of carboxylic acid groups (broad SMARTS) is 1. The van der Waals surface area contributed by atoms with E-state index < -0.39 is 16.1 Å². The van der Waals surface area contributed by atoms with E-state index in [0.29, 0.717) is 36.5 Å². The monoisotopic (exact) mass is 536 g/mol. The Bertz CT molecular complexity index is 1380. The third-order valence-electron chi connectivity index (χ3n) is 5.54. The predicted molar refractivity (Wildman–Crippen MR) is 149 cm³/mol. The number of unbranched alkanes of at least 4 members (excludes halogenated alkanes) is 1. The average molecular weight is 537 g/mol. The van der Waals surface area contributed by atoms with Gasteiger partial charge in [-0.15, -0.1) is 0 Å². The lowest BCUT2D eigenvalue weighted by atomic mass is 10.1. The van der Waals surface area contributed by atoms with Crippen molar-refractivity contribution < 1.29 is 32.0 Å². The molecule has 0 unspecified atom stereocenters. The van der Waals surface area contributed by atoms with E-state index in [9.17, 15) is 13.2 Å². The molecule has 8 heteroatoms. The maximum absolute atomic E-state index is 12.2. The molecule has 0 aliphatic heterocycles. The van der Waals surface area contributed by atoms with Gasteiger partial charge in [0.2, 0.25) is 0 Å². The lowest BCUT2D eigenvalue weighted by Gasteiger charge is -2.12. The topological polar surface area (TPSA) is 99.1 Å². The van der Waals surface area contributed by atoms with Gasteiger partial charge in [-0.25, -0.2) is 4.79 Å². The van der Waals surface area contributed by atoms with Crippen molar-refractivity contribution in [1.29, 1.82) is 0 Å². The summed E-state index contributed by atoms with van der Waals surface area (Å²) < 4.78 is 41.1. The lowest BCUT2D eigenvalue weighted by Crippen LogP contribution is -2.14. The van der Waals surface area contributed by atoms with Gasteiger partial charge in [0.25, 0.3) is 0 Å². The molecule has 0 bridgehead atoms. The summed E-state index contributed by atoms with van der Waals surface area (Å²) >= 11 is 0.